The molecule has 7 aromatic rings. The summed E-state index contributed by atoms with van der Waals surface area (Å²) >= 11 is 0. The van der Waals surface area contributed by atoms with E-state index in [2.05, 4.69) is 97.3 Å². The fourth-order valence-electron chi connectivity index (χ4n) is 8.14. The number of benzene rings is 5. The molecule has 0 amide bonds. The minimum atomic E-state index is 0.586. The van der Waals surface area contributed by atoms with Gasteiger partial charge in [0.1, 0.15) is 22.3 Å². The highest BCUT2D eigenvalue weighted by atomic mass is 16.3. The van der Waals surface area contributed by atoms with Crippen LogP contribution in [-0.4, -0.2) is 25.2 Å². The number of anilines is 2. The van der Waals surface area contributed by atoms with Crippen LogP contribution in [0.4, 0.5) is 11.4 Å². The Morgan fingerprint density at radius 3 is 1.70 bits per heavy atom. The van der Waals surface area contributed by atoms with Crippen LogP contribution in [0, 0.1) is 6.92 Å². The summed E-state index contributed by atoms with van der Waals surface area (Å²) in [5.74, 6) is 0. The Bertz CT molecular complexity index is 2220. The Balaban J connectivity index is 1.23. The third-order valence-corrected chi connectivity index (χ3v) is 10.5. The number of hydrogen-bond donors (Lipinski definition) is 0. The fourth-order valence-corrected chi connectivity index (χ4v) is 8.14. The Morgan fingerprint density at radius 2 is 1.12 bits per heavy atom. The highest BCUT2D eigenvalue weighted by Crippen LogP contribution is 2.44. The molecule has 0 radical (unpaired) electrons. The van der Waals surface area contributed by atoms with E-state index in [4.69, 9.17) is 8.83 Å². The fraction of sp³-hybridized carbons (Fsp3) is 0.333. The van der Waals surface area contributed by atoms with Crippen LogP contribution >= 0.6 is 0 Å². The van der Waals surface area contributed by atoms with E-state index in [9.17, 15) is 0 Å². The lowest BCUT2D eigenvalue weighted by molar-refractivity contribution is 0.485. The molecular weight excluding hydrogens is 528 g/mol. The first-order valence-corrected chi connectivity index (χ1v) is 16.2. The zero-order valence-electron chi connectivity index (χ0n) is 25.4. The molecule has 216 valence electrons. The van der Waals surface area contributed by atoms with Crippen LogP contribution in [-0.2, 0) is 0 Å². The number of furan rings is 2. The van der Waals surface area contributed by atoms with E-state index < -0.39 is 0 Å². The second kappa shape index (κ2) is 9.41. The number of nitrogens with zero attached hydrogens (tertiary/aromatic N) is 2. The van der Waals surface area contributed by atoms with Crippen molar-refractivity contribution < 1.29 is 8.83 Å². The summed E-state index contributed by atoms with van der Waals surface area (Å²) in [7, 11) is 0. The number of fused-ring (bicyclic) bond motifs is 9. The first-order valence-electron chi connectivity index (χ1n) is 16.2. The van der Waals surface area contributed by atoms with Crippen LogP contribution in [0.25, 0.3) is 65.4 Å². The minimum absolute atomic E-state index is 0.586. The van der Waals surface area contributed by atoms with Crippen molar-refractivity contribution in [3.05, 3.63) is 72.3 Å². The lowest BCUT2D eigenvalue weighted by atomic mass is 9.98. The van der Waals surface area contributed by atoms with Gasteiger partial charge in [0.25, 0.3) is 0 Å². The maximum Gasteiger partial charge on any atom is 0.139 e. The van der Waals surface area contributed by atoms with Gasteiger partial charge in [-0.3, -0.25) is 0 Å². The third-order valence-electron chi connectivity index (χ3n) is 10.5. The van der Waals surface area contributed by atoms with Gasteiger partial charge in [-0.05, 0) is 141 Å². The molecule has 2 saturated heterocycles. The van der Waals surface area contributed by atoms with E-state index in [1.54, 1.807) is 0 Å². The molecule has 2 atom stereocenters. The Morgan fingerprint density at radius 1 is 0.558 bits per heavy atom. The van der Waals surface area contributed by atoms with E-state index in [-0.39, 0.29) is 0 Å². The first kappa shape index (κ1) is 25.3. The van der Waals surface area contributed by atoms with Crippen molar-refractivity contribution in [2.75, 3.05) is 22.9 Å². The van der Waals surface area contributed by atoms with Gasteiger partial charge in [0.05, 0.1) is 0 Å². The molecule has 2 aliphatic rings. The topological polar surface area (TPSA) is 32.8 Å². The molecule has 9 rings (SSSR count). The molecule has 2 unspecified atom stereocenters. The first-order chi connectivity index (χ1) is 21.0. The molecule has 4 heteroatoms. The average Bonchev–Trinajstić information content (AvgIpc) is 3.56. The molecule has 0 saturated carbocycles. The second-order valence-electron chi connectivity index (χ2n) is 13.3. The largest absolute Gasteiger partial charge is 0.456 e. The van der Waals surface area contributed by atoms with Gasteiger partial charge in [-0.15, -0.1) is 0 Å². The van der Waals surface area contributed by atoms with E-state index >= 15 is 0 Å². The van der Waals surface area contributed by atoms with Gasteiger partial charge in [-0.2, -0.15) is 0 Å². The maximum absolute atomic E-state index is 6.64. The van der Waals surface area contributed by atoms with Crippen LogP contribution in [0.5, 0.6) is 0 Å². The van der Waals surface area contributed by atoms with Crippen LogP contribution in [0.15, 0.2) is 75.6 Å². The summed E-state index contributed by atoms with van der Waals surface area (Å²) < 4.78 is 13.2. The molecule has 43 heavy (non-hydrogen) atoms. The Hall–Kier alpha value is -4.18. The lowest BCUT2D eigenvalue weighted by Crippen LogP contribution is -2.37. The van der Waals surface area contributed by atoms with Crippen molar-refractivity contribution in [1.29, 1.82) is 0 Å². The van der Waals surface area contributed by atoms with Gasteiger partial charge in [0, 0.05) is 58.1 Å². The second-order valence-corrected chi connectivity index (χ2v) is 13.3. The van der Waals surface area contributed by atoms with E-state index in [1.807, 2.05) is 0 Å². The zero-order valence-corrected chi connectivity index (χ0v) is 25.4. The van der Waals surface area contributed by atoms with Crippen LogP contribution in [0.2, 0.25) is 0 Å². The molecular formula is C39H38N2O2. The van der Waals surface area contributed by atoms with Gasteiger partial charge in [0.2, 0.25) is 0 Å². The maximum atomic E-state index is 6.64. The predicted octanol–water partition coefficient (Wildman–Crippen LogP) is 10.9. The zero-order chi connectivity index (χ0) is 28.8. The number of hydrogen-bond acceptors (Lipinski definition) is 4. The molecule has 4 nitrogen and oxygen atoms in total. The normalized spacial score (nSPS) is 20.1. The van der Waals surface area contributed by atoms with Gasteiger partial charge < -0.3 is 18.6 Å². The predicted molar refractivity (Wildman–Crippen MR) is 182 cm³/mol. The smallest absolute Gasteiger partial charge is 0.139 e. The SMILES string of the molecule is Cc1cc2oc3cc4cc(N5CCCCC5C)ccc4cc3c2c2c1oc1cc3cc(N4CCCCC4C)ccc3cc12. The molecule has 4 heterocycles. The van der Waals surface area contributed by atoms with Crippen LogP contribution in [0.1, 0.15) is 57.9 Å². The highest BCUT2D eigenvalue weighted by molar-refractivity contribution is 6.28. The lowest BCUT2D eigenvalue weighted by Gasteiger charge is -2.35. The molecule has 0 N–H and O–H groups in total. The molecule has 0 bridgehead atoms. The minimum Gasteiger partial charge on any atom is -0.456 e. The number of piperidine rings is 2. The molecule has 2 aromatic heterocycles. The summed E-state index contributed by atoms with van der Waals surface area (Å²) in [6.45, 7) is 9.11. The van der Waals surface area contributed by atoms with Gasteiger partial charge in [0.15, 0.2) is 0 Å². The van der Waals surface area contributed by atoms with Crippen molar-refractivity contribution in [2.45, 2.75) is 71.4 Å². The number of rotatable bonds is 2. The van der Waals surface area contributed by atoms with Crippen LogP contribution < -0.4 is 9.80 Å². The monoisotopic (exact) mass is 566 g/mol. The molecule has 0 spiro atoms. The van der Waals surface area contributed by atoms with E-state index in [0.29, 0.717) is 12.1 Å². The molecule has 2 fully saturated rings. The standard InChI is InChI=1S/C39H38N2O2/c1-23-16-36-37(32-19-26-10-12-30(17-28(26)21-34(32)42-36)40-14-6-4-8-24(40)2)38-33-20-27-11-13-31(41-15-7-5-9-25(41)3)18-29(27)22-35(33)43-39(23)38/h10-13,16-22,24-25H,4-9,14-15H2,1-3H3. The summed E-state index contributed by atoms with van der Waals surface area (Å²) in [4.78, 5) is 5.13. The van der Waals surface area contributed by atoms with Gasteiger partial charge in [-0.25, -0.2) is 0 Å². The average molecular weight is 567 g/mol. The van der Waals surface area contributed by atoms with E-state index in [1.165, 1.54) is 71.4 Å². The Kier molecular flexibility index (Phi) is 5.54. The summed E-state index contributed by atoms with van der Waals surface area (Å²) in [5, 5.41) is 9.59. The highest BCUT2D eigenvalue weighted by Gasteiger charge is 2.22. The molecule has 0 aliphatic carbocycles. The summed E-state index contributed by atoms with van der Waals surface area (Å²) in [6.07, 6.45) is 7.73. The van der Waals surface area contributed by atoms with Crippen molar-refractivity contribution in [1.82, 2.24) is 0 Å². The summed E-state index contributed by atoms with van der Waals surface area (Å²) in [5.41, 5.74) is 7.51. The van der Waals surface area contributed by atoms with Crippen molar-refractivity contribution >= 4 is 76.8 Å². The van der Waals surface area contributed by atoms with Crippen LogP contribution in [0.3, 0.4) is 0 Å². The molecule has 5 aromatic carbocycles. The number of aryl methyl sites for hydroxylation is 1. The Labute approximate surface area is 251 Å². The van der Waals surface area contributed by atoms with Crippen molar-refractivity contribution in [2.24, 2.45) is 0 Å². The van der Waals surface area contributed by atoms with E-state index in [0.717, 1.165) is 62.5 Å². The quantitative estimate of drug-likeness (QED) is 0.208. The third kappa shape index (κ3) is 3.88. The van der Waals surface area contributed by atoms with Gasteiger partial charge >= 0.3 is 0 Å². The summed E-state index contributed by atoms with van der Waals surface area (Å²) in [6, 6.07) is 26.3. The van der Waals surface area contributed by atoms with Crippen molar-refractivity contribution in [3.8, 4) is 0 Å². The van der Waals surface area contributed by atoms with Crippen molar-refractivity contribution in [3.63, 3.8) is 0 Å². The van der Waals surface area contributed by atoms with Gasteiger partial charge in [-0.1, -0.05) is 12.1 Å². The molecule has 2 aliphatic heterocycles.